The van der Waals surface area contributed by atoms with Gasteiger partial charge < -0.3 is 5.11 Å². The maximum atomic E-state index is 11.3. The summed E-state index contributed by atoms with van der Waals surface area (Å²) in [5.41, 5.74) is 0.488. The van der Waals surface area contributed by atoms with E-state index in [1.807, 2.05) is 6.07 Å². The fraction of sp³-hybridized carbons (Fsp3) is 0.647. The third-order valence-electron chi connectivity index (χ3n) is 4.94. The largest absolute Gasteiger partial charge is 0.384 e. The number of hydrogen-bond acceptors (Lipinski definition) is 2. The molecular formula is C17H25NO. The molecule has 0 amide bonds. The van der Waals surface area contributed by atoms with Crippen LogP contribution in [0.15, 0.2) is 30.3 Å². The molecule has 2 nitrogen and oxygen atoms in total. The lowest BCUT2D eigenvalue weighted by Gasteiger charge is -2.47. The molecule has 0 radical (unpaired) electrons. The molecular weight excluding hydrogens is 234 g/mol. The number of nitrogens with zero attached hydrogens (tertiary/aromatic N) is 1. The van der Waals surface area contributed by atoms with Crippen LogP contribution in [0.5, 0.6) is 0 Å². The Morgan fingerprint density at radius 1 is 0.947 bits per heavy atom. The van der Waals surface area contributed by atoms with E-state index in [0.29, 0.717) is 6.04 Å². The summed E-state index contributed by atoms with van der Waals surface area (Å²) in [6, 6.07) is 10.7. The van der Waals surface area contributed by atoms with E-state index in [1.165, 1.54) is 38.8 Å². The molecule has 2 aliphatic rings. The number of benzene rings is 1. The monoisotopic (exact) mass is 259 g/mol. The predicted molar refractivity (Wildman–Crippen MR) is 78.0 cm³/mol. The van der Waals surface area contributed by atoms with E-state index in [9.17, 15) is 5.11 Å². The van der Waals surface area contributed by atoms with E-state index in [4.69, 9.17) is 0 Å². The minimum atomic E-state index is -0.628. The van der Waals surface area contributed by atoms with E-state index < -0.39 is 5.60 Å². The normalized spacial score (nSPS) is 33.2. The first kappa shape index (κ1) is 13.1. The Bertz CT molecular complexity index is 399. The summed E-state index contributed by atoms with van der Waals surface area (Å²) in [5, 5.41) is 11.3. The van der Waals surface area contributed by atoms with Crippen molar-refractivity contribution in [1.29, 1.82) is 0 Å². The standard InChI is InChI=1S/C17H25NO/c19-17(15-9-3-1-4-10-15)12-6-5-11-16(17)18-13-7-2-8-14-18/h1,3-4,9-10,16,19H,2,5-8,11-14H2/t16-,17+/m1/s1. The maximum Gasteiger partial charge on any atom is 0.105 e. The molecule has 19 heavy (non-hydrogen) atoms. The van der Waals surface area contributed by atoms with Gasteiger partial charge in [0.05, 0.1) is 0 Å². The van der Waals surface area contributed by atoms with Crippen LogP contribution in [0, 0.1) is 0 Å². The zero-order valence-corrected chi connectivity index (χ0v) is 11.7. The van der Waals surface area contributed by atoms with Crippen LogP contribution in [0.4, 0.5) is 0 Å². The highest BCUT2D eigenvalue weighted by atomic mass is 16.3. The molecule has 1 aromatic carbocycles. The Balaban J connectivity index is 1.87. The summed E-state index contributed by atoms with van der Waals surface area (Å²) >= 11 is 0. The van der Waals surface area contributed by atoms with Crippen LogP contribution in [0.2, 0.25) is 0 Å². The van der Waals surface area contributed by atoms with Crippen molar-refractivity contribution < 1.29 is 5.11 Å². The molecule has 1 aromatic rings. The van der Waals surface area contributed by atoms with E-state index in [1.54, 1.807) is 0 Å². The van der Waals surface area contributed by atoms with Gasteiger partial charge in [0, 0.05) is 6.04 Å². The van der Waals surface area contributed by atoms with Crippen LogP contribution in [-0.4, -0.2) is 29.1 Å². The quantitative estimate of drug-likeness (QED) is 0.881. The minimum absolute atomic E-state index is 0.323. The summed E-state index contributed by atoms with van der Waals surface area (Å²) in [4.78, 5) is 2.55. The van der Waals surface area contributed by atoms with Gasteiger partial charge in [0.15, 0.2) is 0 Å². The van der Waals surface area contributed by atoms with Crippen LogP contribution in [0.25, 0.3) is 0 Å². The molecule has 104 valence electrons. The lowest BCUT2D eigenvalue weighted by molar-refractivity contribution is -0.0840. The highest BCUT2D eigenvalue weighted by Crippen LogP contribution is 2.40. The van der Waals surface area contributed by atoms with Gasteiger partial charge in [-0.05, 0) is 44.3 Å². The van der Waals surface area contributed by atoms with E-state index >= 15 is 0 Å². The van der Waals surface area contributed by atoms with Crippen molar-refractivity contribution in [2.75, 3.05) is 13.1 Å². The van der Waals surface area contributed by atoms with Crippen LogP contribution in [-0.2, 0) is 5.60 Å². The van der Waals surface area contributed by atoms with Crippen molar-refractivity contribution in [2.24, 2.45) is 0 Å². The van der Waals surface area contributed by atoms with Gasteiger partial charge >= 0.3 is 0 Å². The smallest absolute Gasteiger partial charge is 0.105 e. The molecule has 0 unspecified atom stereocenters. The van der Waals surface area contributed by atoms with Gasteiger partial charge in [-0.2, -0.15) is 0 Å². The average molecular weight is 259 g/mol. The molecule has 3 rings (SSSR count). The summed E-state index contributed by atoms with van der Waals surface area (Å²) < 4.78 is 0. The number of likely N-dealkylation sites (tertiary alicyclic amines) is 1. The third-order valence-corrected chi connectivity index (χ3v) is 4.94. The van der Waals surface area contributed by atoms with Crippen molar-refractivity contribution in [3.8, 4) is 0 Å². The summed E-state index contributed by atoms with van der Waals surface area (Å²) in [6.07, 6.45) is 8.41. The van der Waals surface area contributed by atoms with Gasteiger partial charge in [-0.3, -0.25) is 4.90 Å². The molecule has 0 spiro atoms. The molecule has 1 saturated heterocycles. The molecule has 1 aliphatic heterocycles. The summed E-state index contributed by atoms with van der Waals surface area (Å²) in [5.74, 6) is 0. The molecule has 1 saturated carbocycles. The third kappa shape index (κ3) is 2.56. The van der Waals surface area contributed by atoms with Crippen LogP contribution in [0.1, 0.15) is 50.5 Å². The SMILES string of the molecule is O[C@]1(c2ccccc2)CCCC[C@H]1N1CCCCC1. The van der Waals surface area contributed by atoms with Gasteiger partial charge in [-0.1, -0.05) is 49.6 Å². The Hall–Kier alpha value is -0.860. The van der Waals surface area contributed by atoms with Gasteiger partial charge in [-0.15, -0.1) is 0 Å². The van der Waals surface area contributed by atoms with Crippen molar-refractivity contribution in [1.82, 2.24) is 4.90 Å². The molecule has 0 aromatic heterocycles. The summed E-state index contributed by atoms with van der Waals surface area (Å²) in [6.45, 7) is 2.33. The van der Waals surface area contributed by atoms with Crippen LogP contribution < -0.4 is 0 Å². The van der Waals surface area contributed by atoms with Gasteiger partial charge in [-0.25, -0.2) is 0 Å². The highest BCUT2D eigenvalue weighted by molar-refractivity contribution is 5.25. The van der Waals surface area contributed by atoms with E-state index in [-0.39, 0.29) is 0 Å². The molecule has 2 heteroatoms. The number of rotatable bonds is 2. The fourth-order valence-electron chi connectivity index (χ4n) is 3.92. The van der Waals surface area contributed by atoms with Crippen molar-refractivity contribution in [3.63, 3.8) is 0 Å². The summed E-state index contributed by atoms with van der Waals surface area (Å²) in [7, 11) is 0. The lowest BCUT2D eigenvalue weighted by Crippen LogP contribution is -2.54. The maximum absolute atomic E-state index is 11.3. The molecule has 1 heterocycles. The number of piperidine rings is 1. The Kier molecular flexibility index (Phi) is 3.90. The molecule has 1 aliphatic carbocycles. The fourth-order valence-corrected chi connectivity index (χ4v) is 3.92. The Labute approximate surface area is 116 Å². The van der Waals surface area contributed by atoms with E-state index in [2.05, 4.69) is 29.2 Å². The zero-order chi connectivity index (χ0) is 13.1. The lowest BCUT2D eigenvalue weighted by atomic mass is 9.74. The molecule has 1 N–H and O–H groups in total. The van der Waals surface area contributed by atoms with Crippen molar-refractivity contribution in [2.45, 2.75) is 56.6 Å². The second-order valence-corrected chi connectivity index (χ2v) is 6.15. The van der Waals surface area contributed by atoms with Crippen LogP contribution >= 0.6 is 0 Å². The van der Waals surface area contributed by atoms with Gasteiger partial charge in [0.25, 0.3) is 0 Å². The van der Waals surface area contributed by atoms with E-state index in [0.717, 1.165) is 24.8 Å². The second kappa shape index (κ2) is 5.64. The average Bonchev–Trinajstić information content (AvgIpc) is 2.49. The van der Waals surface area contributed by atoms with Crippen LogP contribution in [0.3, 0.4) is 0 Å². The van der Waals surface area contributed by atoms with Crippen molar-refractivity contribution >= 4 is 0 Å². The van der Waals surface area contributed by atoms with Gasteiger partial charge in [0.1, 0.15) is 5.60 Å². The highest BCUT2D eigenvalue weighted by Gasteiger charge is 2.43. The number of aliphatic hydroxyl groups is 1. The zero-order valence-electron chi connectivity index (χ0n) is 11.7. The molecule has 2 atom stereocenters. The first-order valence-corrected chi connectivity index (χ1v) is 7.83. The Morgan fingerprint density at radius 2 is 1.68 bits per heavy atom. The second-order valence-electron chi connectivity index (χ2n) is 6.15. The minimum Gasteiger partial charge on any atom is -0.384 e. The number of hydrogen-bond donors (Lipinski definition) is 1. The predicted octanol–water partition coefficient (Wildman–Crippen LogP) is 3.30. The Morgan fingerprint density at radius 3 is 2.42 bits per heavy atom. The first-order chi connectivity index (χ1) is 9.31. The van der Waals surface area contributed by atoms with Crippen molar-refractivity contribution in [3.05, 3.63) is 35.9 Å². The first-order valence-electron chi connectivity index (χ1n) is 7.83. The topological polar surface area (TPSA) is 23.5 Å². The van der Waals surface area contributed by atoms with Gasteiger partial charge in [0.2, 0.25) is 0 Å². The molecule has 2 fully saturated rings. The molecule has 0 bridgehead atoms.